The Morgan fingerprint density at radius 3 is 1.91 bits per heavy atom. The average molecular weight is 482 g/mol. The van der Waals surface area contributed by atoms with Crippen molar-refractivity contribution in [1.29, 1.82) is 5.26 Å². The molecule has 1 N–H and O–H groups in total. The fourth-order valence-electron chi connectivity index (χ4n) is 4.35. The Balaban J connectivity index is 2.27. The van der Waals surface area contributed by atoms with E-state index in [1.54, 1.807) is 0 Å². The van der Waals surface area contributed by atoms with E-state index in [1.807, 2.05) is 6.07 Å². The lowest BCUT2D eigenvalue weighted by Gasteiger charge is -2.30. The molecule has 0 radical (unpaired) electrons. The number of nitrogens with one attached hydrogen (secondary N) is 1. The molecular formula is C23H22N4O8. The molecule has 12 heteroatoms. The number of nitro groups is 2. The van der Waals surface area contributed by atoms with Crippen molar-refractivity contribution >= 4 is 17.6 Å². The van der Waals surface area contributed by atoms with Gasteiger partial charge in [-0.2, -0.15) is 5.26 Å². The minimum absolute atomic E-state index is 0.104. The van der Waals surface area contributed by atoms with E-state index in [1.165, 1.54) is 62.4 Å². The first-order chi connectivity index (χ1) is 16.7. The van der Waals surface area contributed by atoms with Gasteiger partial charge in [-0.3, -0.25) is 25.5 Å². The third-order valence-corrected chi connectivity index (χ3v) is 5.83. The van der Waals surface area contributed by atoms with Gasteiger partial charge in [-0.25, -0.2) is 9.59 Å². The number of benzene rings is 2. The predicted octanol–water partition coefficient (Wildman–Crippen LogP) is 2.40. The molecule has 1 aliphatic rings. The maximum absolute atomic E-state index is 13.3. The summed E-state index contributed by atoms with van der Waals surface area (Å²) in [6.07, 6.45) is 0. The second kappa shape index (κ2) is 10.3. The van der Waals surface area contributed by atoms with E-state index in [2.05, 4.69) is 5.32 Å². The molecular weight excluding hydrogens is 460 g/mol. The summed E-state index contributed by atoms with van der Waals surface area (Å²) in [5, 5.41) is 35.4. The van der Waals surface area contributed by atoms with E-state index in [-0.39, 0.29) is 35.6 Å². The zero-order valence-electron chi connectivity index (χ0n) is 18.9. The summed E-state index contributed by atoms with van der Waals surface area (Å²) in [5.74, 6) is -3.49. The first kappa shape index (κ1) is 25.3. The molecule has 0 bridgehead atoms. The SMILES string of the molecule is CCOC(=O)C1(C(=O)OCC)N[C@H](c2ccc([N+](=O)[O-])cc2)[C@H]([N+](=O)[O-])[C@H]1c1ccc(C#N)cc1. The summed E-state index contributed by atoms with van der Waals surface area (Å²) in [6, 6.07) is 9.90. The largest absolute Gasteiger partial charge is 0.464 e. The molecule has 1 saturated heterocycles. The van der Waals surface area contributed by atoms with Crippen LogP contribution >= 0.6 is 0 Å². The summed E-state index contributed by atoms with van der Waals surface area (Å²) in [4.78, 5) is 48.9. The molecule has 12 nitrogen and oxygen atoms in total. The molecule has 35 heavy (non-hydrogen) atoms. The number of ether oxygens (including phenoxy) is 2. The van der Waals surface area contributed by atoms with Gasteiger partial charge in [-0.1, -0.05) is 24.3 Å². The Morgan fingerprint density at radius 1 is 0.971 bits per heavy atom. The van der Waals surface area contributed by atoms with Gasteiger partial charge in [0.2, 0.25) is 11.6 Å². The molecule has 0 spiro atoms. The Labute approximate surface area is 199 Å². The molecule has 0 amide bonds. The highest BCUT2D eigenvalue weighted by Gasteiger charge is 2.69. The van der Waals surface area contributed by atoms with Crippen LogP contribution < -0.4 is 5.32 Å². The third kappa shape index (κ3) is 4.53. The van der Waals surface area contributed by atoms with Gasteiger partial charge in [0.15, 0.2) is 0 Å². The van der Waals surface area contributed by atoms with Gasteiger partial charge in [0, 0.05) is 17.1 Å². The number of nitro benzene ring substituents is 1. The second-order valence-corrected chi connectivity index (χ2v) is 7.71. The van der Waals surface area contributed by atoms with Crippen molar-refractivity contribution in [3.63, 3.8) is 0 Å². The van der Waals surface area contributed by atoms with E-state index in [0.717, 1.165) is 0 Å². The first-order valence-electron chi connectivity index (χ1n) is 10.7. The predicted molar refractivity (Wildman–Crippen MR) is 120 cm³/mol. The number of esters is 2. The first-order valence-corrected chi connectivity index (χ1v) is 10.7. The van der Waals surface area contributed by atoms with Crippen LogP contribution in [0.2, 0.25) is 0 Å². The van der Waals surface area contributed by atoms with Crippen LogP contribution in [0.1, 0.15) is 42.5 Å². The van der Waals surface area contributed by atoms with Crippen LogP contribution in [0, 0.1) is 31.6 Å². The molecule has 0 aliphatic carbocycles. The topological polar surface area (TPSA) is 175 Å². The van der Waals surface area contributed by atoms with Crippen molar-refractivity contribution in [1.82, 2.24) is 5.32 Å². The van der Waals surface area contributed by atoms with Crippen LogP contribution in [0.5, 0.6) is 0 Å². The van der Waals surface area contributed by atoms with Gasteiger partial charge < -0.3 is 9.47 Å². The smallest absolute Gasteiger partial charge is 0.339 e. The summed E-state index contributed by atoms with van der Waals surface area (Å²) in [6.45, 7) is 2.85. The summed E-state index contributed by atoms with van der Waals surface area (Å²) in [7, 11) is 0. The molecule has 3 rings (SSSR count). The fraction of sp³-hybridized carbons (Fsp3) is 0.348. The lowest BCUT2D eigenvalue weighted by Crippen LogP contribution is -2.60. The minimum atomic E-state index is -2.29. The molecule has 0 aromatic heterocycles. The van der Waals surface area contributed by atoms with Gasteiger partial charge in [0.05, 0.1) is 35.7 Å². The van der Waals surface area contributed by atoms with Gasteiger partial charge >= 0.3 is 11.9 Å². The number of nitriles is 1. The lowest BCUT2D eigenvalue weighted by atomic mass is 9.77. The van der Waals surface area contributed by atoms with Crippen molar-refractivity contribution in [3.05, 3.63) is 85.4 Å². The molecule has 182 valence electrons. The van der Waals surface area contributed by atoms with Crippen molar-refractivity contribution in [2.24, 2.45) is 0 Å². The highest BCUT2D eigenvalue weighted by molar-refractivity contribution is 6.07. The van der Waals surface area contributed by atoms with Crippen LogP contribution in [-0.2, 0) is 19.1 Å². The Hall–Kier alpha value is -4.37. The number of carbonyl (C=O) groups is 2. The van der Waals surface area contributed by atoms with Crippen LogP contribution in [0.15, 0.2) is 48.5 Å². The van der Waals surface area contributed by atoms with Gasteiger partial charge in [-0.15, -0.1) is 0 Å². The Bertz CT molecular complexity index is 1160. The van der Waals surface area contributed by atoms with Crippen molar-refractivity contribution < 1.29 is 28.9 Å². The fourth-order valence-corrected chi connectivity index (χ4v) is 4.35. The van der Waals surface area contributed by atoms with Crippen LogP contribution in [0.25, 0.3) is 0 Å². The molecule has 1 heterocycles. The minimum Gasteiger partial charge on any atom is -0.464 e. The quantitative estimate of drug-likeness (QED) is 0.254. The zero-order chi connectivity index (χ0) is 25.8. The number of hydrogen-bond acceptors (Lipinski definition) is 10. The summed E-state index contributed by atoms with van der Waals surface area (Å²) in [5.41, 5.74) is -1.74. The molecule has 3 atom stereocenters. The maximum Gasteiger partial charge on any atom is 0.339 e. The summed E-state index contributed by atoms with van der Waals surface area (Å²) >= 11 is 0. The highest BCUT2D eigenvalue weighted by atomic mass is 16.6. The molecule has 1 aliphatic heterocycles. The van der Waals surface area contributed by atoms with E-state index in [0.29, 0.717) is 0 Å². The molecule has 2 aromatic carbocycles. The van der Waals surface area contributed by atoms with Crippen LogP contribution in [0.3, 0.4) is 0 Å². The average Bonchev–Trinajstić information content (AvgIpc) is 3.22. The number of nitrogens with zero attached hydrogens (tertiary/aromatic N) is 3. The van der Waals surface area contributed by atoms with Crippen LogP contribution in [-0.4, -0.2) is 46.6 Å². The van der Waals surface area contributed by atoms with E-state index in [9.17, 15) is 29.8 Å². The van der Waals surface area contributed by atoms with Crippen molar-refractivity contribution in [2.45, 2.75) is 37.4 Å². The van der Waals surface area contributed by atoms with Gasteiger partial charge in [-0.05, 0) is 37.1 Å². The second-order valence-electron chi connectivity index (χ2n) is 7.71. The third-order valence-electron chi connectivity index (χ3n) is 5.83. The monoisotopic (exact) mass is 482 g/mol. The zero-order valence-corrected chi connectivity index (χ0v) is 18.9. The van der Waals surface area contributed by atoms with Gasteiger partial charge in [0.1, 0.15) is 6.04 Å². The number of rotatable bonds is 8. The molecule has 2 aromatic rings. The highest BCUT2D eigenvalue weighted by Crippen LogP contribution is 2.47. The van der Waals surface area contributed by atoms with Crippen molar-refractivity contribution in [3.8, 4) is 6.07 Å². The molecule has 0 saturated carbocycles. The molecule has 1 fully saturated rings. The number of carbonyl (C=O) groups excluding carboxylic acids is 2. The van der Waals surface area contributed by atoms with Crippen molar-refractivity contribution in [2.75, 3.05) is 13.2 Å². The Morgan fingerprint density at radius 2 is 1.49 bits per heavy atom. The number of non-ortho nitro benzene ring substituents is 1. The molecule has 0 unspecified atom stereocenters. The van der Waals surface area contributed by atoms with E-state index in [4.69, 9.17) is 14.7 Å². The lowest BCUT2D eigenvalue weighted by molar-refractivity contribution is -0.527. The normalized spacial score (nSPS) is 20.4. The van der Waals surface area contributed by atoms with Crippen LogP contribution in [0.4, 0.5) is 5.69 Å². The maximum atomic E-state index is 13.3. The van der Waals surface area contributed by atoms with E-state index < -0.39 is 45.3 Å². The van der Waals surface area contributed by atoms with E-state index >= 15 is 0 Å². The standard InChI is InChI=1S/C23H22N4O8/c1-3-34-21(28)23(22(29)35-4-2)18(15-7-5-14(13-24)6-8-15)20(27(32)33)19(25-23)16-9-11-17(12-10-16)26(30)31/h5-12,18-20,25H,3-4H2,1-2H3/t18-,19-,20-/m1/s1. The van der Waals surface area contributed by atoms with Gasteiger partial charge in [0.25, 0.3) is 5.69 Å². The Kier molecular flexibility index (Phi) is 7.41. The summed E-state index contributed by atoms with van der Waals surface area (Å²) < 4.78 is 10.4. The number of hydrogen-bond donors (Lipinski definition) is 1.